The van der Waals surface area contributed by atoms with Gasteiger partial charge in [0.2, 0.25) is 0 Å². The molecule has 0 aliphatic heterocycles. The van der Waals surface area contributed by atoms with Gasteiger partial charge in [0.15, 0.2) is 0 Å². The molecule has 0 unspecified atom stereocenters. The number of nitro groups is 1. The Kier molecular flexibility index (Phi) is 3.29. The molecule has 7 nitrogen and oxygen atoms in total. The van der Waals surface area contributed by atoms with Crippen molar-refractivity contribution in [1.29, 1.82) is 0 Å². The predicted octanol–water partition coefficient (Wildman–Crippen LogP) is 2.80. The summed E-state index contributed by atoms with van der Waals surface area (Å²) in [4.78, 5) is 32.6. The van der Waals surface area contributed by atoms with Crippen LogP contribution < -0.4 is 0 Å². The van der Waals surface area contributed by atoms with Crippen molar-refractivity contribution in [3.63, 3.8) is 0 Å². The lowest BCUT2D eigenvalue weighted by molar-refractivity contribution is -0.383. The molecule has 0 fully saturated rings. The van der Waals surface area contributed by atoms with Gasteiger partial charge in [-0.25, -0.2) is 9.59 Å². The molecule has 8 heteroatoms. The quantitative estimate of drug-likeness (QED) is 0.664. The van der Waals surface area contributed by atoms with E-state index in [0.717, 1.165) is 18.2 Å². The molecule has 20 heavy (non-hydrogen) atoms. The summed E-state index contributed by atoms with van der Waals surface area (Å²) in [7, 11) is 0. The standard InChI is InChI=1S/C12H6ClNO6/c13-5-3-7-9(14(19)20)2-1-6(11(15)16)10(7)8(4-5)12(17)18/h1-4H,(H,15,16)(H,17,18). The second-order valence-corrected chi connectivity index (χ2v) is 4.31. The molecule has 0 radical (unpaired) electrons. The molecule has 2 aromatic carbocycles. The van der Waals surface area contributed by atoms with E-state index in [4.69, 9.17) is 21.8 Å². The summed E-state index contributed by atoms with van der Waals surface area (Å²) in [5.41, 5.74) is -1.14. The number of fused-ring (bicyclic) bond motifs is 1. The van der Waals surface area contributed by atoms with E-state index in [0.29, 0.717) is 0 Å². The smallest absolute Gasteiger partial charge is 0.336 e. The molecule has 0 aromatic heterocycles. The van der Waals surface area contributed by atoms with Crippen LogP contribution >= 0.6 is 11.6 Å². The number of non-ortho nitro benzene ring substituents is 1. The number of benzene rings is 2. The molecule has 0 atom stereocenters. The zero-order valence-corrected chi connectivity index (χ0v) is 10.4. The molecular formula is C12H6ClNO6. The second kappa shape index (κ2) is 4.78. The monoisotopic (exact) mass is 295 g/mol. The molecule has 0 bridgehead atoms. The average molecular weight is 296 g/mol. The van der Waals surface area contributed by atoms with Gasteiger partial charge in [-0.05, 0) is 18.2 Å². The Morgan fingerprint density at radius 1 is 1.10 bits per heavy atom. The van der Waals surface area contributed by atoms with Gasteiger partial charge >= 0.3 is 11.9 Å². The highest BCUT2D eigenvalue weighted by Crippen LogP contribution is 2.33. The van der Waals surface area contributed by atoms with Crippen LogP contribution in [0.15, 0.2) is 24.3 Å². The fourth-order valence-electron chi connectivity index (χ4n) is 1.94. The number of nitro benzene ring substituents is 1. The largest absolute Gasteiger partial charge is 0.478 e. The number of rotatable bonds is 3. The number of hydrogen-bond acceptors (Lipinski definition) is 4. The SMILES string of the molecule is O=C(O)c1ccc([N+](=O)[O-])c2cc(Cl)cc(C(=O)O)c12. The van der Waals surface area contributed by atoms with Crippen molar-refractivity contribution in [2.24, 2.45) is 0 Å². The molecule has 0 spiro atoms. The van der Waals surface area contributed by atoms with Crippen LogP contribution in [-0.2, 0) is 0 Å². The first-order valence-corrected chi connectivity index (χ1v) is 5.58. The molecular weight excluding hydrogens is 290 g/mol. The van der Waals surface area contributed by atoms with Gasteiger partial charge in [0.05, 0.1) is 21.4 Å². The van der Waals surface area contributed by atoms with Crippen molar-refractivity contribution in [2.75, 3.05) is 0 Å². The molecule has 0 aliphatic rings. The van der Waals surface area contributed by atoms with Gasteiger partial charge in [-0.15, -0.1) is 0 Å². The first-order chi connectivity index (χ1) is 9.32. The third-order valence-electron chi connectivity index (χ3n) is 2.71. The number of carboxylic acid groups (broad SMARTS) is 2. The van der Waals surface area contributed by atoms with Crippen molar-refractivity contribution in [2.45, 2.75) is 0 Å². The maximum atomic E-state index is 11.2. The van der Waals surface area contributed by atoms with Crippen LogP contribution in [0.5, 0.6) is 0 Å². The Morgan fingerprint density at radius 3 is 2.20 bits per heavy atom. The first-order valence-electron chi connectivity index (χ1n) is 5.20. The number of halogens is 1. The summed E-state index contributed by atoms with van der Waals surface area (Å²) in [5, 5.41) is 28.8. The molecule has 0 saturated carbocycles. The minimum atomic E-state index is -1.42. The van der Waals surface area contributed by atoms with Gasteiger partial charge in [-0.2, -0.15) is 0 Å². The lowest BCUT2D eigenvalue weighted by Gasteiger charge is -2.08. The van der Waals surface area contributed by atoms with Gasteiger partial charge < -0.3 is 10.2 Å². The second-order valence-electron chi connectivity index (χ2n) is 3.88. The van der Waals surface area contributed by atoms with Crippen molar-refractivity contribution in [3.05, 3.63) is 50.5 Å². The van der Waals surface area contributed by atoms with Crippen molar-refractivity contribution >= 4 is 40.0 Å². The number of carboxylic acids is 2. The van der Waals surface area contributed by atoms with Gasteiger partial charge in [0.25, 0.3) is 5.69 Å². The summed E-state index contributed by atoms with van der Waals surface area (Å²) in [6, 6.07) is 4.24. The Labute approximate surface area is 116 Å². The summed E-state index contributed by atoms with van der Waals surface area (Å²) >= 11 is 5.74. The Bertz CT molecular complexity index is 770. The third kappa shape index (κ3) is 2.14. The molecule has 2 N–H and O–H groups in total. The van der Waals surface area contributed by atoms with Crippen LogP contribution in [0.4, 0.5) is 5.69 Å². The van der Waals surface area contributed by atoms with Crippen molar-refractivity contribution < 1.29 is 24.7 Å². The Morgan fingerprint density at radius 2 is 1.70 bits per heavy atom. The summed E-state index contributed by atoms with van der Waals surface area (Å²) < 4.78 is 0. The first kappa shape index (κ1) is 13.8. The lowest BCUT2D eigenvalue weighted by Crippen LogP contribution is -2.05. The van der Waals surface area contributed by atoms with Crippen LogP contribution in [0, 0.1) is 10.1 Å². The van der Waals surface area contributed by atoms with Gasteiger partial charge in [-0.1, -0.05) is 11.6 Å². The zero-order chi connectivity index (χ0) is 15.0. The van der Waals surface area contributed by atoms with Gasteiger partial charge in [0.1, 0.15) is 0 Å². The summed E-state index contributed by atoms with van der Waals surface area (Å²) in [5.74, 6) is -2.80. The highest BCUT2D eigenvalue weighted by molar-refractivity contribution is 6.32. The lowest BCUT2D eigenvalue weighted by atomic mass is 9.98. The van der Waals surface area contributed by atoms with Crippen LogP contribution in [0.25, 0.3) is 10.8 Å². The number of nitrogens with zero attached hydrogens (tertiary/aromatic N) is 1. The van der Waals surface area contributed by atoms with Crippen LogP contribution in [0.1, 0.15) is 20.7 Å². The maximum Gasteiger partial charge on any atom is 0.336 e. The highest BCUT2D eigenvalue weighted by atomic mass is 35.5. The van der Waals surface area contributed by atoms with E-state index >= 15 is 0 Å². The Balaban J connectivity index is 3.07. The van der Waals surface area contributed by atoms with Crippen molar-refractivity contribution in [1.82, 2.24) is 0 Å². The summed E-state index contributed by atoms with van der Waals surface area (Å²) in [6.45, 7) is 0. The normalized spacial score (nSPS) is 10.4. The number of aromatic carboxylic acids is 2. The van der Waals surface area contributed by atoms with E-state index in [2.05, 4.69) is 0 Å². The van der Waals surface area contributed by atoms with Crippen molar-refractivity contribution in [3.8, 4) is 0 Å². The molecule has 0 amide bonds. The number of hydrogen-bond donors (Lipinski definition) is 2. The fourth-order valence-corrected chi connectivity index (χ4v) is 2.16. The van der Waals surface area contributed by atoms with E-state index in [1.54, 1.807) is 0 Å². The maximum absolute atomic E-state index is 11.2. The minimum absolute atomic E-state index is 0.0273. The van der Waals surface area contributed by atoms with Crippen LogP contribution in [0.3, 0.4) is 0 Å². The van der Waals surface area contributed by atoms with Gasteiger partial charge in [-0.3, -0.25) is 10.1 Å². The van der Waals surface area contributed by atoms with Crippen LogP contribution in [0.2, 0.25) is 5.02 Å². The fraction of sp³-hybridized carbons (Fsp3) is 0. The molecule has 102 valence electrons. The van der Waals surface area contributed by atoms with E-state index in [1.165, 1.54) is 6.07 Å². The van der Waals surface area contributed by atoms with E-state index < -0.39 is 28.1 Å². The van der Waals surface area contributed by atoms with E-state index in [9.17, 15) is 19.7 Å². The molecule has 0 heterocycles. The molecule has 2 rings (SSSR count). The Hall–Kier alpha value is -2.67. The predicted molar refractivity (Wildman–Crippen MR) is 69.5 cm³/mol. The molecule has 0 aliphatic carbocycles. The van der Waals surface area contributed by atoms with E-state index in [1.807, 2.05) is 0 Å². The van der Waals surface area contributed by atoms with Crippen LogP contribution in [-0.4, -0.2) is 27.1 Å². The van der Waals surface area contributed by atoms with E-state index in [-0.39, 0.29) is 21.4 Å². The van der Waals surface area contributed by atoms with Gasteiger partial charge in [0, 0.05) is 16.5 Å². The zero-order valence-electron chi connectivity index (χ0n) is 9.66. The molecule has 2 aromatic rings. The minimum Gasteiger partial charge on any atom is -0.478 e. The summed E-state index contributed by atoms with van der Waals surface area (Å²) in [6.07, 6.45) is 0. The molecule has 0 saturated heterocycles. The topological polar surface area (TPSA) is 118 Å². The third-order valence-corrected chi connectivity index (χ3v) is 2.93. The highest BCUT2D eigenvalue weighted by Gasteiger charge is 2.23. The number of carbonyl (C=O) groups is 2. The average Bonchev–Trinajstić information content (AvgIpc) is 2.35.